The summed E-state index contributed by atoms with van der Waals surface area (Å²) in [6.07, 6.45) is 1.29. The topological polar surface area (TPSA) is 74.2 Å². The average Bonchev–Trinajstić information content (AvgIpc) is 2.34. The lowest BCUT2D eigenvalue weighted by Gasteiger charge is -2.37. The molecular formula is C16H21N3O2. The van der Waals surface area contributed by atoms with Crippen LogP contribution in [0, 0.1) is 11.3 Å². The van der Waals surface area contributed by atoms with Gasteiger partial charge in [0.05, 0.1) is 11.3 Å². The Labute approximate surface area is 125 Å². The van der Waals surface area contributed by atoms with Crippen LogP contribution in [0.1, 0.15) is 39.2 Å². The Morgan fingerprint density at radius 1 is 1.29 bits per heavy atom. The fourth-order valence-electron chi connectivity index (χ4n) is 2.25. The monoisotopic (exact) mass is 287 g/mol. The second-order valence-electron chi connectivity index (χ2n) is 6.31. The summed E-state index contributed by atoms with van der Waals surface area (Å²) in [7, 11) is 0. The number of amides is 1. The van der Waals surface area contributed by atoms with Gasteiger partial charge in [-0.1, -0.05) is 12.1 Å². The summed E-state index contributed by atoms with van der Waals surface area (Å²) in [4.78, 5) is 11.6. The van der Waals surface area contributed by atoms with Gasteiger partial charge < -0.3 is 15.4 Å². The molecule has 2 rings (SSSR count). The molecule has 0 spiro atoms. The molecular weight excluding hydrogens is 266 g/mol. The van der Waals surface area contributed by atoms with Crippen molar-refractivity contribution in [2.24, 2.45) is 0 Å². The molecule has 1 amide bonds. The Hall–Kier alpha value is -2.22. The summed E-state index contributed by atoms with van der Waals surface area (Å²) in [6.45, 7) is 5.53. The second-order valence-corrected chi connectivity index (χ2v) is 6.31. The zero-order chi connectivity index (χ0) is 15.5. The first-order valence-electron chi connectivity index (χ1n) is 7.12. The number of ether oxygens (including phenoxy) is 1. The van der Waals surface area contributed by atoms with Crippen molar-refractivity contribution < 1.29 is 9.53 Å². The number of anilines is 1. The molecule has 112 valence electrons. The minimum absolute atomic E-state index is 0.131. The van der Waals surface area contributed by atoms with E-state index in [0.29, 0.717) is 5.56 Å². The van der Waals surface area contributed by atoms with Crippen molar-refractivity contribution in [1.29, 1.82) is 5.26 Å². The zero-order valence-electron chi connectivity index (χ0n) is 12.6. The number of rotatable bonds is 3. The quantitative estimate of drug-likeness (QED) is 0.896. The van der Waals surface area contributed by atoms with E-state index in [4.69, 9.17) is 10.00 Å². The van der Waals surface area contributed by atoms with E-state index in [1.54, 1.807) is 6.07 Å². The van der Waals surface area contributed by atoms with Crippen LogP contribution in [0.3, 0.4) is 0 Å². The lowest BCUT2D eigenvalue weighted by atomic mass is 9.86. The van der Waals surface area contributed by atoms with E-state index >= 15 is 0 Å². The molecule has 0 heterocycles. The van der Waals surface area contributed by atoms with Crippen LogP contribution in [-0.4, -0.2) is 23.8 Å². The van der Waals surface area contributed by atoms with Crippen molar-refractivity contribution in [2.75, 3.05) is 5.32 Å². The maximum absolute atomic E-state index is 11.6. The van der Waals surface area contributed by atoms with Crippen molar-refractivity contribution >= 4 is 11.8 Å². The highest BCUT2D eigenvalue weighted by molar-refractivity contribution is 5.68. The van der Waals surface area contributed by atoms with E-state index < -0.39 is 5.60 Å². The Kier molecular flexibility index (Phi) is 4.37. The number of carbonyl (C=O) groups is 1. The molecule has 1 aliphatic rings. The lowest BCUT2D eigenvalue weighted by Crippen LogP contribution is -2.50. The van der Waals surface area contributed by atoms with Gasteiger partial charge in [0.15, 0.2) is 0 Å². The van der Waals surface area contributed by atoms with Crippen LogP contribution in [-0.2, 0) is 4.74 Å². The summed E-state index contributed by atoms with van der Waals surface area (Å²) < 4.78 is 5.22. The fourth-order valence-corrected chi connectivity index (χ4v) is 2.25. The SMILES string of the molecule is CC(C)(C)OC(=O)NC1CC(Nc2ccccc2C#N)C1. The summed E-state index contributed by atoms with van der Waals surface area (Å²) in [5.41, 5.74) is 1.01. The smallest absolute Gasteiger partial charge is 0.407 e. The van der Waals surface area contributed by atoms with Gasteiger partial charge in [-0.25, -0.2) is 4.79 Å². The van der Waals surface area contributed by atoms with Crippen LogP contribution in [0.2, 0.25) is 0 Å². The van der Waals surface area contributed by atoms with E-state index in [1.807, 2.05) is 39.0 Å². The highest BCUT2D eigenvalue weighted by Gasteiger charge is 2.31. The Balaban J connectivity index is 1.77. The van der Waals surface area contributed by atoms with Crippen LogP contribution in [0.15, 0.2) is 24.3 Å². The molecule has 1 aromatic rings. The van der Waals surface area contributed by atoms with E-state index in [1.165, 1.54) is 0 Å². The first-order valence-corrected chi connectivity index (χ1v) is 7.12. The third-order valence-electron chi connectivity index (χ3n) is 3.27. The van der Waals surface area contributed by atoms with Crippen LogP contribution >= 0.6 is 0 Å². The molecule has 1 saturated carbocycles. The number of para-hydroxylation sites is 1. The van der Waals surface area contributed by atoms with Crippen molar-refractivity contribution in [3.05, 3.63) is 29.8 Å². The van der Waals surface area contributed by atoms with Gasteiger partial charge in [-0.3, -0.25) is 0 Å². The third kappa shape index (κ3) is 4.38. The van der Waals surface area contributed by atoms with Crippen molar-refractivity contribution in [3.8, 4) is 6.07 Å². The van der Waals surface area contributed by atoms with Crippen LogP contribution in [0.4, 0.5) is 10.5 Å². The molecule has 21 heavy (non-hydrogen) atoms. The summed E-state index contributed by atoms with van der Waals surface area (Å²) in [5.74, 6) is 0. The number of hydrogen-bond donors (Lipinski definition) is 2. The first-order chi connectivity index (χ1) is 9.87. The summed E-state index contributed by atoms with van der Waals surface area (Å²) in [6, 6.07) is 10.0. The minimum Gasteiger partial charge on any atom is -0.444 e. The number of nitrogens with zero attached hydrogens (tertiary/aromatic N) is 1. The van der Waals surface area contributed by atoms with Gasteiger partial charge >= 0.3 is 6.09 Å². The highest BCUT2D eigenvalue weighted by atomic mass is 16.6. The number of alkyl carbamates (subject to hydrolysis) is 1. The molecule has 1 fully saturated rings. The molecule has 0 aromatic heterocycles. The third-order valence-corrected chi connectivity index (χ3v) is 3.27. The van der Waals surface area contributed by atoms with Crippen LogP contribution in [0.25, 0.3) is 0 Å². The molecule has 0 radical (unpaired) electrons. The Morgan fingerprint density at radius 2 is 1.95 bits per heavy atom. The van der Waals surface area contributed by atoms with E-state index in [2.05, 4.69) is 16.7 Å². The first kappa shape index (κ1) is 15.2. The van der Waals surface area contributed by atoms with E-state index in [9.17, 15) is 4.79 Å². The zero-order valence-corrected chi connectivity index (χ0v) is 12.6. The molecule has 0 saturated heterocycles. The largest absolute Gasteiger partial charge is 0.444 e. The van der Waals surface area contributed by atoms with Gasteiger partial charge in [0.2, 0.25) is 0 Å². The molecule has 5 heteroatoms. The van der Waals surface area contributed by atoms with Crippen LogP contribution in [0.5, 0.6) is 0 Å². The Bertz CT molecular complexity index is 551. The summed E-state index contributed by atoms with van der Waals surface area (Å²) in [5, 5.41) is 15.2. The standard InChI is InChI=1S/C16H21N3O2/c1-16(2,3)21-15(20)19-13-8-12(9-13)18-14-7-5-4-6-11(14)10-17/h4-7,12-13,18H,8-9H2,1-3H3,(H,19,20). The van der Waals surface area contributed by atoms with Gasteiger partial charge in [-0.15, -0.1) is 0 Å². The predicted molar refractivity (Wildman–Crippen MR) is 81.0 cm³/mol. The van der Waals surface area contributed by atoms with Gasteiger partial charge in [-0.2, -0.15) is 5.26 Å². The molecule has 2 N–H and O–H groups in total. The van der Waals surface area contributed by atoms with Gasteiger partial charge in [0.25, 0.3) is 0 Å². The van der Waals surface area contributed by atoms with Crippen molar-refractivity contribution in [3.63, 3.8) is 0 Å². The molecule has 0 atom stereocenters. The molecule has 0 aliphatic heterocycles. The molecule has 5 nitrogen and oxygen atoms in total. The lowest BCUT2D eigenvalue weighted by molar-refractivity contribution is 0.0475. The highest BCUT2D eigenvalue weighted by Crippen LogP contribution is 2.26. The average molecular weight is 287 g/mol. The molecule has 0 bridgehead atoms. The number of hydrogen-bond acceptors (Lipinski definition) is 4. The molecule has 1 aromatic carbocycles. The second kappa shape index (κ2) is 6.04. The van der Waals surface area contributed by atoms with Crippen molar-refractivity contribution in [2.45, 2.75) is 51.3 Å². The van der Waals surface area contributed by atoms with Crippen molar-refractivity contribution in [1.82, 2.24) is 5.32 Å². The number of nitrogens with one attached hydrogen (secondary N) is 2. The van der Waals surface area contributed by atoms with E-state index in [-0.39, 0.29) is 18.2 Å². The summed E-state index contributed by atoms with van der Waals surface area (Å²) >= 11 is 0. The van der Waals surface area contributed by atoms with Gasteiger partial charge in [-0.05, 0) is 45.7 Å². The molecule has 0 unspecified atom stereocenters. The predicted octanol–water partition coefficient (Wildman–Crippen LogP) is 3.03. The number of benzene rings is 1. The minimum atomic E-state index is -0.475. The number of nitriles is 1. The maximum atomic E-state index is 11.6. The van der Waals surface area contributed by atoms with Gasteiger partial charge in [0.1, 0.15) is 11.7 Å². The molecule has 1 aliphatic carbocycles. The van der Waals surface area contributed by atoms with Gasteiger partial charge in [0, 0.05) is 12.1 Å². The normalized spacial score (nSPS) is 20.9. The fraction of sp³-hybridized carbons (Fsp3) is 0.500. The Morgan fingerprint density at radius 3 is 2.57 bits per heavy atom. The number of carbonyl (C=O) groups excluding carboxylic acids is 1. The van der Waals surface area contributed by atoms with E-state index in [0.717, 1.165) is 18.5 Å². The van der Waals surface area contributed by atoms with Crippen LogP contribution < -0.4 is 10.6 Å². The maximum Gasteiger partial charge on any atom is 0.407 e.